The van der Waals surface area contributed by atoms with Gasteiger partial charge in [0.05, 0.1) is 5.92 Å². The number of fused-ring (bicyclic) bond motifs is 1. The maximum Gasteiger partial charge on any atom is 0.276 e. The summed E-state index contributed by atoms with van der Waals surface area (Å²) in [5.74, 6) is -0.137. The third-order valence-electron chi connectivity index (χ3n) is 5.02. The fraction of sp³-hybridized carbons (Fsp3) is 0.647. The Balaban J connectivity index is 1.82. The molecule has 2 aliphatic rings. The van der Waals surface area contributed by atoms with Gasteiger partial charge in [-0.2, -0.15) is 0 Å². The summed E-state index contributed by atoms with van der Waals surface area (Å²) in [5.41, 5.74) is 1.27. The van der Waals surface area contributed by atoms with Crippen molar-refractivity contribution in [1.29, 1.82) is 0 Å². The van der Waals surface area contributed by atoms with E-state index < -0.39 is 5.92 Å². The average molecular weight is 348 g/mol. The molecule has 1 N–H and O–H groups in total. The number of nitrogens with one attached hydrogen (secondary N) is 1. The standard InChI is InChI=1S/C17H24N4O4/c1-11(22)20-7-8-21(10-12(9-20)16(23)18-2)17(24)15-13-5-3-4-6-14(13)25-19-15/h12H,3-10H2,1-2H3,(H,18,23)/t12-/m0/s1. The Bertz CT molecular complexity index is 684. The smallest absolute Gasteiger partial charge is 0.276 e. The zero-order chi connectivity index (χ0) is 18.0. The average Bonchev–Trinajstić information content (AvgIpc) is 2.91. The molecule has 8 nitrogen and oxygen atoms in total. The minimum Gasteiger partial charge on any atom is -0.360 e. The minimum atomic E-state index is -0.455. The molecular formula is C17H24N4O4. The van der Waals surface area contributed by atoms with Crippen molar-refractivity contribution in [3.8, 4) is 0 Å². The number of hydrogen-bond acceptors (Lipinski definition) is 5. The van der Waals surface area contributed by atoms with Crippen LogP contribution in [0.1, 0.15) is 41.6 Å². The Labute approximate surface area is 146 Å². The first-order valence-electron chi connectivity index (χ1n) is 8.75. The lowest BCUT2D eigenvalue weighted by molar-refractivity contribution is -0.130. The van der Waals surface area contributed by atoms with Gasteiger partial charge in [0.2, 0.25) is 11.8 Å². The highest BCUT2D eigenvalue weighted by atomic mass is 16.5. The molecule has 1 aliphatic carbocycles. The number of aromatic nitrogens is 1. The van der Waals surface area contributed by atoms with Crippen molar-refractivity contribution >= 4 is 17.7 Å². The van der Waals surface area contributed by atoms with Gasteiger partial charge in [-0.3, -0.25) is 14.4 Å². The van der Waals surface area contributed by atoms with E-state index in [2.05, 4.69) is 10.5 Å². The second-order valence-corrected chi connectivity index (χ2v) is 6.67. The Morgan fingerprint density at radius 1 is 1.12 bits per heavy atom. The quantitative estimate of drug-likeness (QED) is 0.825. The fourth-order valence-corrected chi connectivity index (χ4v) is 3.56. The number of carbonyl (C=O) groups excluding carboxylic acids is 3. The molecule has 0 bridgehead atoms. The SMILES string of the molecule is CNC(=O)[C@H]1CN(C(C)=O)CCN(C(=O)c2noc3c2CCCC3)C1. The molecule has 3 amide bonds. The molecule has 0 unspecified atom stereocenters. The van der Waals surface area contributed by atoms with Crippen molar-refractivity contribution in [1.82, 2.24) is 20.3 Å². The Kier molecular flexibility index (Phi) is 5.06. The third kappa shape index (κ3) is 3.52. The number of amides is 3. The van der Waals surface area contributed by atoms with E-state index in [1.165, 1.54) is 6.92 Å². The summed E-state index contributed by atoms with van der Waals surface area (Å²) in [6, 6.07) is 0. The van der Waals surface area contributed by atoms with Gasteiger partial charge < -0.3 is 19.6 Å². The van der Waals surface area contributed by atoms with Crippen molar-refractivity contribution in [2.24, 2.45) is 5.92 Å². The van der Waals surface area contributed by atoms with Gasteiger partial charge in [0.15, 0.2) is 5.69 Å². The fourth-order valence-electron chi connectivity index (χ4n) is 3.56. The molecule has 8 heteroatoms. The van der Waals surface area contributed by atoms with E-state index in [-0.39, 0.29) is 24.3 Å². The molecule has 25 heavy (non-hydrogen) atoms. The van der Waals surface area contributed by atoms with Crippen LogP contribution in [0, 0.1) is 5.92 Å². The Hall–Kier alpha value is -2.38. The van der Waals surface area contributed by atoms with Gasteiger partial charge in [-0.05, 0) is 19.3 Å². The zero-order valence-electron chi connectivity index (χ0n) is 14.7. The highest BCUT2D eigenvalue weighted by molar-refractivity contribution is 5.94. The van der Waals surface area contributed by atoms with E-state index >= 15 is 0 Å². The summed E-state index contributed by atoms with van der Waals surface area (Å²) in [7, 11) is 1.56. The predicted octanol–water partition coefficient (Wildman–Crippen LogP) is 0.220. The molecule has 0 saturated carbocycles. The molecule has 1 fully saturated rings. The molecule has 1 atom stereocenters. The maximum atomic E-state index is 13.0. The number of hydrogen-bond donors (Lipinski definition) is 1. The van der Waals surface area contributed by atoms with E-state index in [9.17, 15) is 14.4 Å². The van der Waals surface area contributed by atoms with Gasteiger partial charge >= 0.3 is 0 Å². The van der Waals surface area contributed by atoms with E-state index in [0.717, 1.165) is 37.0 Å². The summed E-state index contributed by atoms with van der Waals surface area (Å²) in [5, 5.41) is 6.62. The van der Waals surface area contributed by atoms with E-state index in [1.54, 1.807) is 16.8 Å². The van der Waals surface area contributed by atoms with Gasteiger partial charge in [-0.25, -0.2) is 0 Å². The van der Waals surface area contributed by atoms with Crippen LogP contribution in [0.25, 0.3) is 0 Å². The van der Waals surface area contributed by atoms with Gasteiger partial charge in [0.1, 0.15) is 5.76 Å². The summed E-state index contributed by atoms with van der Waals surface area (Å²) in [6.45, 7) is 2.86. The van der Waals surface area contributed by atoms with E-state index in [4.69, 9.17) is 4.52 Å². The van der Waals surface area contributed by atoms with Gasteiger partial charge in [-0.15, -0.1) is 0 Å². The monoisotopic (exact) mass is 348 g/mol. The summed E-state index contributed by atoms with van der Waals surface area (Å²) in [4.78, 5) is 40.1. The Morgan fingerprint density at radius 2 is 1.80 bits per heavy atom. The van der Waals surface area contributed by atoms with Crippen LogP contribution >= 0.6 is 0 Å². The molecule has 1 aromatic heterocycles. The van der Waals surface area contributed by atoms with E-state index in [0.29, 0.717) is 25.3 Å². The van der Waals surface area contributed by atoms with Crippen molar-refractivity contribution in [2.75, 3.05) is 33.2 Å². The van der Waals surface area contributed by atoms with Crippen LogP contribution in [0.15, 0.2) is 4.52 Å². The van der Waals surface area contributed by atoms with Crippen LogP contribution in [0.2, 0.25) is 0 Å². The van der Waals surface area contributed by atoms with Gasteiger partial charge in [0, 0.05) is 52.1 Å². The lowest BCUT2D eigenvalue weighted by Crippen LogP contribution is -2.42. The topological polar surface area (TPSA) is 95.8 Å². The zero-order valence-corrected chi connectivity index (χ0v) is 14.7. The number of carbonyl (C=O) groups is 3. The third-order valence-corrected chi connectivity index (χ3v) is 5.02. The van der Waals surface area contributed by atoms with Crippen LogP contribution in [0.3, 0.4) is 0 Å². The van der Waals surface area contributed by atoms with Crippen LogP contribution in [-0.4, -0.2) is 65.9 Å². The largest absolute Gasteiger partial charge is 0.360 e. The molecule has 0 aromatic carbocycles. The Morgan fingerprint density at radius 3 is 2.52 bits per heavy atom. The molecule has 3 rings (SSSR count). The number of nitrogens with zero attached hydrogens (tertiary/aromatic N) is 3. The molecule has 2 heterocycles. The normalized spacial score (nSPS) is 20.6. The molecule has 1 aromatic rings. The molecule has 136 valence electrons. The highest BCUT2D eigenvalue weighted by Crippen LogP contribution is 2.25. The summed E-state index contributed by atoms with van der Waals surface area (Å²) >= 11 is 0. The second kappa shape index (κ2) is 7.25. The minimum absolute atomic E-state index is 0.0954. The summed E-state index contributed by atoms with van der Waals surface area (Å²) < 4.78 is 5.34. The molecule has 0 radical (unpaired) electrons. The second-order valence-electron chi connectivity index (χ2n) is 6.67. The van der Waals surface area contributed by atoms with Crippen LogP contribution < -0.4 is 5.32 Å². The van der Waals surface area contributed by atoms with Crippen molar-refractivity contribution in [3.05, 3.63) is 17.0 Å². The van der Waals surface area contributed by atoms with Crippen LogP contribution in [-0.2, 0) is 22.4 Å². The highest BCUT2D eigenvalue weighted by Gasteiger charge is 2.33. The molecule has 0 spiro atoms. The van der Waals surface area contributed by atoms with Crippen molar-refractivity contribution < 1.29 is 18.9 Å². The molecule has 1 aliphatic heterocycles. The lowest BCUT2D eigenvalue weighted by Gasteiger charge is -2.23. The van der Waals surface area contributed by atoms with Crippen LogP contribution in [0.4, 0.5) is 0 Å². The molecular weight excluding hydrogens is 324 g/mol. The first kappa shape index (κ1) is 17.4. The van der Waals surface area contributed by atoms with Crippen molar-refractivity contribution in [3.63, 3.8) is 0 Å². The van der Waals surface area contributed by atoms with Crippen LogP contribution in [0.5, 0.6) is 0 Å². The lowest BCUT2D eigenvalue weighted by atomic mass is 9.96. The van der Waals surface area contributed by atoms with Gasteiger partial charge in [-0.1, -0.05) is 5.16 Å². The van der Waals surface area contributed by atoms with Gasteiger partial charge in [0.25, 0.3) is 5.91 Å². The predicted molar refractivity (Wildman–Crippen MR) is 88.9 cm³/mol. The van der Waals surface area contributed by atoms with Crippen molar-refractivity contribution in [2.45, 2.75) is 32.6 Å². The number of rotatable bonds is 2. The van der Waals surface area contributed by atoms with E-state index in [1.807, 2.05) is 0 Å². The number of aryl methyl sites for hydroxylation is 1. The molecule has 1 saturated heterocycles. The summed E-state index contributed by atoms with van der Waals surface area (Å²) in [6.07, 6.45) is 3.68. The maximum absolute atomic E-state index is 13.0. The first-order valence-corrected chi connectivity index (χ1v) is 8.75. The first-order chi connectivity index (χ1) is 12.0.